The van der Waals surface area contributed by atoms with Crippen molar-refractivity contribution in [2.24, 2.45) is 16.7 Å². The quantitative estimate of drug-likeness (QED) is 0.762. The normalized spacial score (nSPS) is 44.0. The average molecular weight is 236 g/mol. The summed E-state index contributed by atoms with van der Waals surface area (Å²) in [6, 6.07) is 0. The fourth-order valence-electron chi connectivity index (χ4n) is 4.08. The van der Waals surface area contributed by atoms with Crippen LogP contribution < -0.4 is 0 Å². The molecule has 0 heterocycles. The van der Waals surface area contributed by atoms with Crippen molar-refractivity contribution in [3.8, 4) is 0 Å². The zero-order valence-electron chi connectivity index (χ0n) is 11.3. The highest BCUT2D eigenvalue weighted by molar-refractivity contribution is 5.94. The maximum absolute atomic E-state index is 11.7. The van der Waals surface area contributed by atoms with Gasteiger partial charge >= 0.3 is 0 Å². The maximum Gasteiger partial charge on any atom is 0.158 e. The number of aliphatic hydroxyl groups is 1. The minimum Gasteiger partial charge on any atom is -0.393 e. The molecule has 2 nitrogen and oxygen atoms in total. The molecule has 1 N–H and O–H groups in total. The summed E-state index contributed by atoms with van der Waals surface area (Å²) in [6.45, 7) is 9.97. The van der Waals surface area contributed by atoms with Gasteiger partial charge in [-0.2, -0.15) is 0 Å². The molecule has 0 aromatic rings. The summed E-state index contributed by atoms with van der Waals surface area (Å²) in [4.78, 5) is 11.7. The number of hydrogen-bond acceptors (Lipinski definition) is 2. The van der Waals surface area contributed by atoms with E-state index in [1.54, 1.807) is 6.92 Å². The van der Waals surface area contributed by atoms with Gasteiger partial charge in [0.25, 0.3) is 0 Å². The van der Waals surface area contributed by atoms with Crippen LogP contribution in [0.1, 0.15) is 52.9 Å². The number of aliphatic hydroxyl groups excluding tert-OH is 1. The number of Topliss-reactive ketones (excluding diaryl/α,β-unsaturated/α-hetero) is 1. The summed E-state index contributed by atoms with van der Waals surface area (Å²) in [5.74, 6) is 0.774. The van der Waals surface area contributed by atoms with Gasteiger partial charge in [-0.25, -0.2) is 0 Å². The largest absolute Gasteiger partial charge is 0.393 e. The highest BCUT2D eigenvalue weighted by Crippen LogP contribution is 2.67. The molecule has 17 heavy (non-hydrogen) atoms. The lowest BCUT2D eigenvalue weighted by Crippen LogP contribution is -2.37. The number of rotatable bonds is 4. The highest BCUT2D eigenvalue weighted by Gasteiger charge is 2.62. The molecule has 0 amide bonds. The second kappa shape index (κ2) is 3.94. The van der Waals surface area contributed by atoms with Gasteiger partial charge in [0.15, 0.2) is 5.78 Å². The Labute approximate surface area is 104 Å². The van der Waals surface area contributed by atoms with Crippen molar-refractivity contribution in [2.75, 3.05) is 0 Å². The van der Waals surface area contributed by atoms with Crippen LogP contribution >= 0.6 is 0 Å². The molecule has 2 aliphatic carbocycles. The molecule has 2 aliphatic rings. The molecule has 96 valence electrons. The third kappa shape index (κ3) is 1.69. The first-order valence-corrected chi connectivity index (χ1v) is 6.68. The molecule has 0 spiro atoms. The zero-order chi connectivity index (χ0) is 12.8. The van der Waals surface area contributed by atoms with Crippen molar-refractivity contribution >= 4 is 5.78 Å². The molecule has 0 unspecified atom stereocenters. The van der Waals surface area contributed by atoms with Crippen LogP contribution in [0, 0.1) is 16.7 Å². The van der Waals surface area contributed by atoms with Crippen LogP contribution in [-0.4, -0.2) is 17.0 Å². The topological polar surface area (TPSA) is 37.3 Å². The zero-order valence-corrected chi connectivity index (χ0v) is 11.3. The molecule has 0 aromatic carbocycles. The predicted molar refractivity (Wildman–Crippen MR) is 68.6 cm³/mol. The van der Waals surface area contributed by atoms with E-state index in [2.05, 4.69) is 20.4 Å². The second-order valence-electron chi connectivity index (χ2n) is 6.53. The number of carbonyl (C=O) groups is 1. The third-order valence-electron chi connectivity index (χ3n) is 5.81. The van der Waals surface area contributed by atoms with Crippen LogP contribution in [0.5, 0.6) is 0 Å². The van der Waals surface area contributed by atoms with E-state index in [1.807, 2.05) is 0 Å². The molecule has 4 atom stereocenters. The number of ketones is 1. The summed E-state index contributed by atoms with van der Waals surface area (Å²) in [5.41, 5.74) is 0.814. The Kier molecular flexibility index (Phi) is 2.97. The van der Waals surface area contributed by atoms with E-state index in [0.717, 1.165) is 19.3 Å². The molecule has 0 aromatic heterocycles. The summed E-state index contributed by atoms with van der Waals surface area (Å²) in [7, 11) is 0. The number of carbonyl (C=O) groups excluding carboxylic acids is 1. The SMILES string of the molecule is C=C(C)C(=O)CC[C@@]1(C)[C@@H]2CC[C@@]1(C)[C@H](O)C2. The molecule has 0 radical (unpaired) electrons. The molecule has 2 saturated carbocycles. The number of fused-ring (bicyclic) bond motifs is 2. The lowest BCUT2D eigenvalue weighted by Gasteiger charge is -2.40. The summed E-state index contributed by atoms with van der Waals surface area (Å²) in [6.07, 6.45) is 4.56. The van der Waals surface area contributed by atoms with Crippen LogP contribution in [0.3, 0.4) is 0 Å². The standard InChI is InChI=1S/C15H24O2/c1-10(2)12(16)6-8-14(3)11-5-7-15(14,4)13(17)9-11/h11,13,17H,1,5-9H2,2-4H3/t11-,13-,14+,15+/m1/s1. The van der Waals surface area contributed by atoms with Gasteiger partial charge in [0.2, 0.25) is 0 Å². The van der Waals surface area contributed by atoms with Crippen LogP contribution in [0.2, 0.25) is 0 Å². The Hall–Kier alpha value is -0.630. The molecular formula is C15H24O2. The van der Waals surface area contributed by atoms with Gasteiger partial charge in [0.05, 0.1) is 6.10 Å². The van der Waals surface area contributed by atoms with Crippen LogP contribution in [0.15, 0.2) is 12.2 Å². The van der Waals surface area contributed by atoms with Gasteiger partial charge in [-0.15, -0.1) is 0 Å². The van der Waals surface area contributed by atoms with E-state index in [4.69, 9.17) is 0 Å². The minimum absolute atomic E-state index is 0.0209. The molecule has 2 heteroatoms. The van der Waals surface area contributed by atoms with Crippen LogP contribution in [-0.2, 0) is 4.79 Å². The first-order valence-electron chi connectivity index (χ1n) is 6.68. The fraction of sp³-hybridized carbons (Fsp3) is 0.800. The third-order valence-corrected chi connectivity index (χ3v) is 5.81. The van der Waals surface area contributed by atoms with Gasteiger partial charge in [0.1, 0.15) is 0 Å². The van der Waals surface area contributed by atoms with Crippen molar-refractivity contribution < 1.29 is 9.90 Å². The van der Waals surface area contributed by atoms with Gasteiger partial charge < -0.3 is 5.11 Å². The molecular weight excluding hydrogens is 212 g/mol. The Morgan fingerprint density at radius 1 is 1.47 bits per heavy atom. The minimum atomic E-state index is -0.175. The average Bonchev–Trinajstić information content (AvgIpc) is 2.61. The Morgan fingerprint density at radius 3 is 2.53 bits per heavy atom. The predicted octanol–water partition coefficient (Wildman–Crippen LogP) is 3.10. The van der Waals surface area contributed by atoms with Crippen molar-refractivity contribution in [3.05, 3.63) is 12.2 Å². The van der Waals surface area contributed by atoms with Gasteiger partial charge in [-0.3, -0.25) is 4.79 Å². The monoisotopic (exact) mass is 236 g/mol. The fourth-order valence-corrected chi connectivity index (χ4v) is 4.08. The first-order chi connectivity index (χ1) is 7.81. The lowest BCUT2D eigenvalue weighted by atomic mass is 9.66. The number of hydrogen-bond donors (Lipinski definition) is 1. The van der Waals surface area contributed by atoms with Gasteiger partial charge in [0, 0.05) is 6.42 Å². The Bertz CT molecular complexity index is 360. The van der Waals surface area contributed by atoms with Crippen LogP contribution in [0.25, 0.3) is 0 Å². The molecule has 2 rings (SSSR count). The molecule has 2 fully saturated rings. The smallest absolute Gasteiger partial charge is 0.158 e. The van der Waals surface area contributed by atoms with E-state index < -0.39 is 0 Å². The van der Waals surface area contributed by atoms with E-state index in [0.29, 0.717) is 17.9 Å². The molecule has 0 saturated heterocycles. The molecule has 0 aliphatic heterocycles. The lowest BCUT2D eigenvalue weighted by molar-refractivity contribution is -0.116. The summed E-state index contributed by atoms with van der Waals surface area (Å²) < 4.78 is 0. The van der Waals surface area contributed by atoms with Crippen LogP contribution in [0.4, 0.5) is 0 Å². The first kappa shape index (κ1) is 12.8. The Morgan fingerprint density at radius 2 is 2.12 bits per heavy atom. The second-order valence-corrected chi connectivity index (χ2v) is 6.53. The highest BCUT2D eigenvalue weighted by atomic mass is 16.3. The van der Waals surface area contributed by atoms with Crippen molar-refractivity contribution in [3.63, 3.8) is 0 Å². The van der Waals surface area contributed by atoms with Gasteiger partial charge in [-0.1, -0.05) is 20.4 Å². The van der Waals surface area contributed by atoms with Crippen molar-refractivity contribution in [1.82, 2.24) is 0 Å². The van der Waals surface area contributed by atoms with E-state index in [-0.39, 0.29) is 22.7 Å². The number of allylic oxidation sites excluding steroid dienone is 1. The molecule has 2 bridgehead atoms. The maximum atomic E-state index is 11.7. The summed E-state index contributed by atoms with van der Waals surface area (Å²) >= 11 is 0. The van der Waals surface area contributed by atoms with E-state index >= 15 is 0 Å². The Balaban J connectivity index is 2.10. The van der Waals surface area contributed by atoms with E-state index in [1.165, 1.54) is 6.42 Å². The van der Waals surface area contributed by atoms with Crippen molar-refractivity contribution in [1.29, 1.82) is 0 Å². The summed E-state index contributed by atoms with van der Waals surface area (Å²) in [5, 5.41) is 10.2. The van der Waals surface area contributed by atoms with Gasteiger partial charge in [-0.05, 0) is 54.9 Å². The van der Waals surface area contributed by atoms with E-state index in [9.17, 15) is 9.90 Å². The van der Waals surface area contributed by atoms with Crippen molar-refractivity contribution in [2.45, 2.75) is 59.0 Å².